The van der Waals surface area contributed by atoms with Gasteiger partial charge < -0.3 is 40.4 Å². The van der Waals surface area contributed by atoms with Crippen LogP contribution in [0, 0.1) is 29.6 Å². The number of fused-ring (bicyclic) bond motifs is 1. The van der Waals surface area contributed by atoms with Gasteiger partial charge in [0.25, 0.3) is 0 Å². The topological polar surface area (TPSA) is 158 Å². The number of carbonyl (C=O) groups is 3. The predicted molar refractivity (Wildman–Crippen MR) is 134 cm³/mol. The molecule has 39 heavy (non-hydrogen) atoms. The average molecular weight is 568 g/mol. The molecule has 0 spiro atoms. The molecule has 0 bridgehead atoms. The maximum absolute atomic E-state index is 11.8. The number of nitrogens with two attached hydrogens (primary N) is 1. The molecule has 0 saturated heterocycles. The number of halogens is 3. The molecular weight excluding hydrogens is 527 g/mol. The Hall–Kier alpha value is -2.60. The van der Waals surface area contributed by atoms with Crippen molar-refractivity contribution in [3.05, 3.63) is 0 Å². The van der Waals surface area contributed by atoms with E-state index < -0.39 is 12.1 Å². The second kappa shape index (κ2) is 20.3. The Morgan fingerprint density at radius 1 is 0.846 bits per heavy atom. The number of ether oxygens (including phenoxy) is 4. The highest BCUT2D eigenvalue weighted by Gasteiger charge is 2.49. The van der Waals surface area contributed by atoms with Gasteiger partial charge in [0.05, 0.1) is 39.6 Å². The van der Waals surface area contributed by atoms with Gasteiger partial charge in [0.2, 0.25) is 5.91 Å². The standard InChI is InChI=1S/C23H39N3O6.C2HF3O2/c24-17-22(27)25-9-5-11-29-13-15-31-16-14-30-12-6-10-26-23(28)32-18-21-19-7-3-1-2-4-8-20(19)21;3-2(4,5)1(6)7/h19-21H,3-18,24H2,(H,25,27)(H,26,28);(H,6,7)/t19-,20+,21?;. The van der Waals surface area contributed by atoms with Crippen LogP contribution in [-0.2, 0) is 28.5 Å². The van der Waals surface area contributed by atoms with E-state index in [1.165, 1.54) is 0 Å². The van der Waals surface area contributed by atoms with Crippen molar-refractivity contribution in [2.45, 2.75) is 44.7 Å². The molecule has 0 radical (unpaired) electrons. The van der Waals surface area contributed by atoms with Crippen molar-refractivity contribution >= 4 is 18.0 Å². The van der Waals surface area contributed by atoms with Crippen LogP contribution in [0.15, 0.2) is 0 Å². The minimum Gasteiger partial charge on any atom is -0.475 e. The summed E-state index contributed by atoms with van der Waals surface area (Å²) < 4.78 is 53.4. The zero-order valence-corrected chi connectivity index (χ0v) is 22.1. The number of carboxylic acids is 1. The molecule has 1 saturated carbocycles. The van der Waals surface area contributed by atoms with Gasteiger partial charge in [-0.25, -0.2) is 9.59 Å². The molecule has 5 N–H and O–H groups in total. The van der Waals surface area contributed by atoms with E-state index in [9.17, 15) is 22.8 Å². The third-order valence-corrected chi connectivity index (χ3v) is 5.94. The number of rotatable bonds is 17. The molecule has 2 amide bonds. The SMILES string of the molecule is NCC(=O)NCCCOCCOCCOCCCNC(=O)OCC1[C@H]2CCC#CCC[C@@H]12.O=C(O)C(F)(F)F. The van der Waals surface area contributed by atoms with Crippen LogP contribution in [0.5, 0.6) is 0 Å². The molecule has 2 aliphatic carbocycles. The number of aliphatic carboxylic acids is 1. The quantitative estimate of drug-likeness (QED) is 0.152. The monoisotopic (exact) mass is 567 g/mol. The summed E-state index contributed by atoms with van der Waals surface area (Å²) in [5.41, 5.74) is 5.19. The highest BCUT2D eigenvalue weighted by atomic mass is 19.4. The van der Waals surface area contributed by atoms with Crippen LogP contribution < -0.4 is 16.4 Å². The van der Waals surface area contributed by atoms with Crippen LogP contribution in [0.1, 0.15) is 38.5 Å². The first-order valence-electron chi connectivity index (χ1n) is 13.0. The summed E-state index contributed by atoms with van der Waals surface area (Å²) in [5.74, 6) is 5.37. The van der Waals surface area contributed by atoms with E-state index in [0.29, 0.717) is 77.1 Å². The second-order valence-corrected chi connectivity index (χ2v) is 8.85. The summed E-state index contributed by atoms with van der Waals surface area (Å²) in [4.78, 5) is 31.7. The van der Waals surface area contributed by atoms with Gasteiger partial charge in [-0.15, -0.1) is 11.8 Å². The smallest absolute Gasteiger partial charge is 0.475 e. The Morgan fingerprint density at radius 3 is 1.77 bits per heavy atom. The molecule has 11 nitrogen and oxygen atoms in total. The fraction of sp³-hybridized carbons (Fsp3) is 0.800. The molecule has 3 atom stereocenters. The highest BCUT2D eigenvalue weighted by Crippen LogP contribution is 2.52. The van der Waals surface area contributed by atoms with Gasteiger partial charge >= 0.3 is 18.2 Å². The van der Waals surface area contributed by atoms with E-state index in [4.69, 9.17) is 34.6 Å². The Labute approximate surface area is 226 Å². The van der Waals surface area contributed by atoms with Crippen molar-refractivity contribution in [2.75, 3.05) is 65.9 Å². The van der Waals surface area contributed by atoms with Crippen LogP contribution in [-0.4, -0.2) is 95.1 Å². The largest absolute Gasteiger partial charge is 0.490 e. The minimum atomic E-state index is -5.08. The lowest BCUT2D eigenvalue weighted by Crippen LogP contribution is -2.31. The number of carbonyl (C=O) groups excluding carboxylic acids is 2. The summed E-state index contributed by atoms with van der Waals surface area (Å²) in [6, 6.07) is 0. The minimum absolute atomic E-state index is 0.0116. The molecule has 1 unspecified atom stereocenters. The van der Waals surface area contributed by atoms with Crippen molar-refractivity contribution in [1.82, 2.24) is 10.6 Å². The van der Waals surface area contributed by atoms with Gasteiger partial charge in [-0.1, -0.05) is 0 Å². The number of carboxylic acid groups (broad SMARTS) is 1. The molecule has 0 aromatic heterocycles. The number of alkyl halides is 3. The zero-order valence-electron chi connectivity index (χ0n) is 22.1. The number of hydrogen-bond acceptors (Lipinski definition) is 8. The lowest BCUT2D eigenvalue weighted by molar-refractivity contribution is -0.192. The molecule has 0 heterocycles. The highest BCUT2D eigenvalue weighted by molar-refractivity contribution is 5.77. The van der Waals surface area contributed by atoms with Crippen LogP contribution in [0.3, 0.4) is 0 Å². The molecule has 0 aliphatic heterocycles. The molecule has 1 fully saturated rings. The lowest BCUT2D eigenvalue weighted by Gasteiger charge is -2.08. The van der Waals surface area contributed by atoms with Gasteiger partial charge in [0, 0.05) is 39.1 Å². The van der Waals surface area contributed by atoms with Gasteiger partial charge in [0.1, 0.15) is 0 Å². The third kappa shape index (κ3) is 17.6. The molecule has 2 aliphatic rings. The fourth-order valence-electron chi connectivity index (χ4n) is 3.89. The Balaban J connectivity index is 0.000000956. The maximum Gasteiger partial charge on any atom is 0.490 e. The molecule has 14 heteroatoms. The van der Waals surface area contributed by atoms with Gasteiger partial charge in [-0.05, 0) is 43.4 Å². The normalized spacial score (nSPS) is 19.5. The van der Waals surface area contributed by atoms with Crippen molar-refractivity contribution in [3.63, 3.8) is 0 Å². The van der Waals surface area contributed by atoms with Gasteiger partial charge in [-0.2, -0.15) is 13.2 Å². The Kier molecular flexibility index (Phi) is 17.9. The number of amides is 2. The lowest BCUT2D eigenvalue weighted by atomic mass is 10.1. The first kappa shape index (κ1) is 34.4. The first-order valence-corrected chi connectivity index (χ1v) is 13.0. The van der Waals surface area contributed by atoms with Crippen LogP contribution in [0.4, 0.5) is 18.0 Å². The summed E-state index contributed by atoms with van der Waals surface area (Å²) in [7, 11) is 0. The first-order chi connectivity index (χ1) is 18.7. The maximum atomic E-state index is 11.8. The Bertz CT molecular complexity index is 771. The Morgan fingerprint density at radius 2 is 1.31 bits per heavy atom. The van der Waals surface area contributed by atoms with Crippen molar-refractivity contribution in [3.8, 4) is 11.8 Å². The van der Waals surface area contributed by atoms with Crippen molar-refractivity contribution < 1.29 is 51.6 Å². The van der Waals surface area contributed by atoms with Crippen molar-refractivity contribution in [2.24, 2.45) is 23.5 Å². The summed E-state index contributed by atoms with van der Waals surface area (Å²) in [5, 5.41) is 12.6. The molecular formula is C25H40F3N3O8. The second-order valence-electron chi connectivity index (χ2n) is 8.85. The average Bonchev–Trinajstić information content (AvgIpc) is 3.53. The van der Waals surface area contributed by atoms with E-state index >= 15 is 0 Å². The van der Waals surface area contributed by atoms with E-state index in [1.807, 2.05) is 0 Å². The predicted octanol–water partition coefficient (Wildman–Crippen LogP) is 1.69. The van der Waals surface area contributed by atoms with Crippen LogP contribution in [0.2, 0.25) is 0 Å². The van der Waals surface area contributed by atoms with Gasteiger partial charge in [0.15, 0.2) is 0 Å². The van der Waals surface area contributed by atoms with E-state index in [2.05, 4.69) is 22.5 Å². The molecule has 2 rings (SSSR count). The van der Waals surface area contributed by atoms with Gasteiger partial charge in [-0.3, -0.25) is 4.79 Å². The summed E-state index contributed by atoms with van der Waals surface area (Å²) in [6.07, 6.45) is 0.265. The summed E-state index contributed by atoms with van der Waals surface area (Å²) >= 11 is 0. The van der Waals surface area contributed by atoms with Crippen molar-refractivity contribution in [1.29, 1.82) is 0 Å². The van der Waals surface area contributed by atoms with E-state index in [0.717, 1.165) is 38.5 Å². The number of nitrogens with one attached hydrogen (secondary N) is 2. The molecule has 224 valence electrons. The summed E-state index contributed by atoms with van der Waals surface area (Å²) in [6.45, 7) is 4.76. The number of hydrogen-bond donors (Lipinski definition) is 4. The van der Waals surface area contributed by atoms with E-state index in [-0.39, 0.29) is 18.5 Å². The van der Waals surface area contributed by atoms with Crippen LogP contribution >= 0.6 is 0 Å². The number of alkyl carbamates (subject to hydrolysis) is 1. The third-order valence-electron chi connectivity index (χ3n) is 5.94. The fourth-order valence-corrected chi connectivity index (χ4v) is 3.89. The van der Waals surface area contributed by atoms with E-state index in [1.54, 1.807) is 0 Å². The zero-order chi connectivity index (χ0) is 28.9. The molecule has 0 aromatic rings. The van der Waals surface area contributed by atoms with Crippen LogP contribution in [0.25, 0.3) is 0 Å². The molecule has 0 aromatic carbocycles.